The molecule has 188 valence electrons. The second kappa shape index (κ2) is 10.3. The zero-order valence-electron chi connectivity index (χ0n) is 20.5. The molecule has 2 aliphatic rings. The van der Waals surface area contributed by atoms with Gasteiger partial charge in [-0.15, -0.1) is 0 Å². The Hall–Kier alpha value is -4.02. The van der Waals surface area contributed by atoms with Crippen LogP contribution in [0, 0.1) is 0 Å². The molecule has 2 amide bonds. The van der Waals surface area contributed by atoms with E-state index in [4.69, 9.17) is 4.74 Å². The van der Waals surface area contributed by atoms with E-state index in [1.54, 1.807) is 37.6 Å². The van der Waals surface area contributed by atoms with E-state index in [-0.39, 0.29) is 23.5 Å². The first kappa shape index (κ1) is 23.7. The van der Waals surface area contributed by atoms with Crippen molar-refractivity contribution in [3.05, 3.63) is 48.4 Å². The summed E-state index contributed by atoms with van der Waals surface area (Å²) in [7, 11) is 3.51. The van der Waals surface area contributed by atoms with Gasteiger partial charge in [0.25, 0.3) is 5.91 Å². The minimum atomic E-state index is -0.759. The average molecular weight is 491 g/mol. The maximum Gasteiger partial charge on any atom is 0.418 e. The van der Waals surface area contributed by atoms with Gasteiger partial charge in [-0.05, 0) is 37.8 Å². The van der Waals surface area contributed by atoms with Gasteiger partial charge < -0.3 is 15.0 Å². The van der Waals surface area contributed by atoms with E-state index < -0.39 is 6.09 Å². The van der Waals surface area contributed by atoms with Crippen LogP contribution >= 0.6 is 0 Å². The third kappa shape index (κ3) is 5.45. The van der Waals surface area contributed by atoms with Gasteiger partial charge in [-0.25, -0.2) is 19.7 Å². The van der Waals surface area contributed by atoms with E-state index in [1.165, 1.54) is 17.4 Å². The Balaban J connectivity index is 1.33. The number of hydrogen-bond acceptors (Lipinski definition) is 8. The van der Waals surface area contributed by atoms with Crippen LogP contribution in [-0.2, 0) is 7.05 Å². The summed E-state index contributed by atoms with van der Waals surface area (Å²) < 4.78 is 7.14. The highest BCUT2D eigenvalue weighted by Crippen LogP contribution is 2.41. The molecule has 0 radical (unpaired) electrons. The molecule has 3 aromatic rings. The van der Waals surface area contributed by atoms with Crippen molar-refractivity contribution in [3.8, 4) is 5.88 Å². The van der Waals surface area contributed by atoms with E-state index in [9.17, 15) is 9.59 Å². The van der Waals surface area contributed by atoms with Crippen molar-refractivity contribution in [2.75, 3.05) is 17.7 Å². The molecule has 36 heavy (non-hydrogen) atoms. The van der Waals surface area contributed by atoms with Crippen LogP contribution in [0.2, 0.25) is 0 Å². The number of pyridine rings is 1. The number of carbonyl (C=O) groups is 2. The number of nitrogens with zero attached hydrogens (tertiary/aromatic N) is 6. The minimum absolute atomic E-state index is 0.136. The summed E-state index contributed by atoms with van der Waals surface area (Å²) in [5.41, 5.74) is 2.49. The van der Waals surface area contributed by atoms with Crippen molar-refractivity contribution in [2.45, 2.75) is 56.9 Å². The zero-order valence-corrected chi connectivity index (χ0v) is 20.5. The number of amides is 2. The van der Waals surface area contributed by atoms with E-state index >= 15 is 0 Å². The number of hydrogen-bond donors (Lipinski definition) is 2. The average Bonchev–Trinajstić information content (AvgIpc) is 3.68. The predicted molar refractivity (Wildman–Crippen MR) is 133 cm³/mol. The Bertz CT molecular complexity index is 1240. The summed E-state index contributed by atoms with van der Waals surface area (Å²) in [5.74, 6) is 0.289. The fourth-order valence-corrected chi connectivity index (χ4v) is 4.52. The standard InChI is InChI=1S/C25H30N8O3/c1-32-14-21(22(31-32)24(34)33(2)18-6-4-3-5-7-18)30-25(35)36-23-20(28-17-12-26-15-27-13-17)11-10-19(29-23)16-8-9-16/h10-16,18,28H,3-9H2,1-2H3,(H,30,35). The molecule has 2 fully saturated rings. The number of ether oxygens (including phenoxy) is 1. The first-order chi connectivity index (χ1) is 17.5. The molecule has 0 aliphatic heterocycles. The third-order valence-corrected chi connectivity index (χ3v) is 6.62. The first-order valence-electron chi connectivity index (χ1n) is 12.3. The lowest BCUT2D eigenvalue weighted by molar-refractivity contribution is 0.0690. The van der Waals surface area contributed by atoms with Gasteiger partial charge in [-0.2, -0.15) is 5.10 Å². The van der Waals surface area contributed by atoms with Gasteiger partial charge in [0, 0.05) is 37.9 Å². The number of carbonyl (C=O) groups excluding carboxylic acids is 2. The largest absolute Gasteiger partial charge is 0.418 e. The molecule has 0 spiro atoms. The van der Waals surface area contributed by atoms with Crippen LogP contribution in [0.1, 0.15) is 67.0 Å². The van der Waals surface area contributed by atoms with Crippen molar-refractivity contribution in [1.29, 1.82) is 0 Å². The van der Waals surface area contributed by atoms with Crippen molar-refractivity contribution in [1.82, 2.24) is 29.6 Å². The van der Waals surface area contributed by atoms with Gasteiger partial charge in [0.1, 0.15) is 12.0 Å². The highest BCUT2D eigenvalue weighted by atomic mass is 16.6. The fraction of sp³-hybridized carbons (Fsp3) is 0.440. The summed E-state index contributed by atoms with van der Waals surface area (Å²) in [4.78, 5) is 40.5. The molecule has 2 N–H and O–H groups in total. The van der Waals surface area contributed by atoms with Crippen LogP contribution < -0.4 is 15.4 Å². The summed E-state index contributed by atoms with van der Waals surface area (Å²) >= 11 is 0. The molecule has 0 saturated heterocycles. The topological polar surface area (TPSA) is 127 Å². The molecule has 11 nitrogen and oxygen atoms in total. The molecule has 5 rings (SSSR count). The molecule has 3 aromatic heterocycles. The van der Waals surface area contributed by atoms with E-state index in [1.807, 2.05) is 12.1 Å². The Kier molecular flexibility index (Phi) is 6.79. The Morgan fingerprint density at radius 3 is 2.53 bits per heavy atom. The Morgan fingerprint density at radius 1 is 1.06 bits per heavy atom. The van der Waals surface area contributed by atoms with Crippen LogP contribution in [-0.4, -0.2) is 54.7 Å². The number of nitrogens with one attached hydrogen (secondary N) is 2. The van der Waals surface area contributed by atoms with Crippen LogP contribution in [0.5, 0.6) is 5.88 Å². The van der Waals surface area contributed by atoms with Crippen LogP contribution in [0.4, 0.5) is 21.9 Å². The highest BCUT2D eigenvalue weighted by Gasteiger charge is 2.29. The number of aromatic nitrogens is 5. The van der Waals surface area contributed by atoms with Gasteiger partial charge in [-0.1, -0.05) is 19.3 Å². The van der Waals surface area contributed by atoms with E-state index in [0.29, 0.717) is 23.0 Å². The van der Waals surface area contributed by atoms with Gasteiger partial charge in [0.05, 0.1) is 23.8 Å². The number of rotatable bonds is 7. The highest BCUT2D eigenvalue weighted by molar-refractivity contribution is 6.01. The van der Waals surface area contributed by atoms with Gasteiger partial charge in [0.2, 0.25) is 5.88 Å². The molecule has 0 unspecified atom stereocenters. The number of aryl methyl sites for hydroxylation is 1. The molecule has 0 bridgehead atoms. The molecule has 0 aromatic carbocycles. The zero-order chi connectivity index (χ0) is 25.1. The Labute approximate surface area is 209 Å². The molecular weight excluding hydrogens is 460 g/mol. The summed E-state index contributed by atoms with van der Waals surface area (Å²) in [6, 6.07) is 3.93. The minimum Gasteiger partial charge on any atom is -0.389 e. The van der Waals surface area contributed by atoms with Crippen LogP contribution in [0.3, 0.4) is 0 Å². The van der Waals surface area contributed by atoms with Crippen LogP contribution in [0.25, 0.3) is 0 Å². The van der Waals surface area contributed by atoms with Crippen molar-refractivity contribution in [2.24, 2.45) is 7.05 Å². The summed E-state index contributed by atoms with van der Waals surface area (Å²) in [5, 5.41) is 10.2. The third-order valence-electron chi connectivity index (χ3n) is 6.62. The maximum atomic E-state index is 13.2. The monoisotopic (exact) mass is 490 g/mol. The lowest BCUT2D eigenvalue weighted by atomic mass is 9.94. The molecule has 0 atom stereocenters. The molecule has 3 heterocycles. The number of anilines is 3. The lowest BCUT2D eigenvalue weighted by Gasteiger charge is -2.30. The maximum absolute atomic E-state index is 13.2. The summed E-state index contributed by atoms with van der Waals surface area (Å²) in [6.07, 6.45) is 13.0. The van der Waals surface area contributed by atoms with E-state index in [2.05, 4.69) is 30.7 Å². The van der Waals surface area contributed by atoms with Crippen molar-refractivity contribution < 1.29 is 14.3 Å². The van der Waals surface area contributed by atoms with Crippen LogP contribution in [0.15, 0.2) is 37.1 Å². The van der Waals surface area contributed by atoms with Crippen molar-refractivity contribution in [3.63, 3.8) is 0 Å². The molecule has 2 saturated carbocycles. The van der Waals surface area contributed by atoms with Gasteiger partial charge in [-0.3, -0.25) is 14.8 Å². The van der Waals surface area contributed by atoms with Gasteiger partial charge >= 0.3 is 6.09 Å². The second-order valence-corrected chi connectivity index (χ2v) is 9.40. The first-order valence-corrected chi connectivity index (χ1v) is 12.3. The smallest absolute Gasteiger partial charge is 0.389 e. The normalized spacial score (nSPS) is 15.8. The fourth-order valence-electron chi connectivity index (χ4n) is 4.52. The molecular formula is C25H30N8O3. The molecule has 2 aliphatic carbocycles. The van der Waals surface area contributed by atoms with Crippen molar-refractivity contribution >= 4 is 29.1 Å². The quantitative estimate of drug-likeness (QED) is 0.503. The van der Waals surface area contributed by atoms with E-state index in [0.717, 1.165) is 44.2 Å². The Morgan fingerprint density at radius 2 is 1.81 bits per heavy atom. The van der Waals surface area contributed by atoms with Gasteiger partial charge in [0.15, 0.2) is 5.69 Å². The summed E-state index contributed by atoms with van der Waals surface area (Å²) in [6.45, 7) is 0. The lowest BCUT2D eigenvalue weighted by Crippen LogP contribution is -2.39. The molecule has 11 heteroatoms. The SMILES string of the molecule is CN(C(=O)c1nn(C)cc1NC(=O)Oc1nc(C2CC2)ccc1Nc1cncnc1)C1CCCCC1. The second-order valence-electron chi connectivity index (χ2n) is 9.40. The predicted octanol–water partition coefficient (Wildman–Crippen LogP) is 4.24.